The number of alkyl halides is 6. The molecule has 212 valence electrons. The van der Waals surface area contributed by atoms with Gasteiger partial charge in [0.05, 0.1) is 30.5 Å². The van der Waals surface area contributed by atoms with E-state index in [0.717, 1.165) is 0 Å². The van der Waals surface area contributed by atoms with Gasteiger partial charge < -0.3 is 30.0 Å². The van der Waals surface area contributed by atoms with E-state index in [2.05, 4.69) is 9.72 Å². The van der Waals surface area contributed by atoms with Crippen molar-refractivity contribution in [2.75, 3.05) is 24.4 Å². The van der Waals surface area contributed by atoms with Gasteiger partial charge >= 0.3 is 12.4 Å². The van der Waals surface area contributed by atoms with Crippen LogP contribution in [0.2, 0.25) is 0 Å². The molecule has 1 aromatic heterocycles. The Hall–Kier alpha value is -4.82. The molecule has 2 amide bonds. The lowest BCUT2D eigenvalue weighted by Crippen LogP contribution is -2.30. The number of methoxy groups -OCH3 is 1. The highest BCUT2D eigenvalue weighted by atomic mass is 19.4. The molecule has 3 aromatic rings. The molecular weight excluding hydrogens is 552 g/mol. The molecule has 0 saturated heterocycles. The lowest BCUT2D eigenvalue weighted by Gasteiger charge is -2.20. The molecule has 0 saturated carbocycles. The number of ketones is 1. The van der Waals surface area contributed by atoms with Crippen molar-refractivity contribution in [3.8, 4) is 22.8 Å². The van der Waals surface area contributed by atoms with Gasteiger partial charge in [0.1, 0.15) is 11.8 Å². The molecule has 3 rings (SSSR count). The van der Waals surface area contributed by atoms with E-state index in [1.807, 2.05) is 5.32 Å². The summed E-state index contributed by atoms with van der Waals surface area (Å²) in [5, 5.41) is 14.6. The van der Waals surface area contributed by atoms with Crippen molar-refractivity contribution in [3.63, 3.8) is 0 Å². The first-order valence-electron chi connectivity index (χ1n) is 11.0. The number of hydrogen-bond acceptors (Lipinski definition) is 7. The van der Waals surface area contributed by atoms with Crippen molar-refractivity contribution in [1.29, 1.82) is 0 Å². The van der Waals surface area contributed by atoms with Gasteiger partial charge in [-0.2, -0.15) is 26.3 Å². The molecule has 0 aliphatic heterocycles. The number of carboxylic acid groups (broad SMARTS) is 1. The van der Waals surface area contributed by atoms with Crippen LogP contribution in [0.3, 0.4) is 0 Å². The number of amides is 2. The van der Waals surface area contributed by atoms with Crippen LogP contribution in [0.4, 0.5) is 42.5 Å². The number of carbonyl (C=O) groups is 3. The lowest BCUT2D eigenvalue weighted by molar-refractivity contribution is -0.242. The first kappa shape index (κ1) is 29.7. The smallest absolute Gasteiger partial charge is 0.422 e. The van der Waals surface area contributed by atoms with Crippen LogP contribution in [0.5, 0.6) is 11.6 Å². The van der Waals surface area contributed by atoms with Gasteiger partial charge in [-0.15, -0.1) is 0 Å². The Balaban J connectivity index is 1.85. The molecule has 0 aliphatic rings. The summed E-state index contributed by atoms with van der Waals surface area (Å²) < 4.78 is 87.4. The maximum Gasteiger partial charge on any atom is 0.422 e. The molecule has 0 fully saturated rings. The number of ether oxygens (including phenoxy) is 2. The Morgan fingerprint density at radius 3 is 2.20 bits per heavy atom. The summed E-state index contributed by atoms with van der Waals surface area (Å²) in [6.45, 7) is -2.10. The van der Waals surface area contributed by atoms with Crippen LogP contribution in [0, 0.1) is 0 Å². The molecule has 1 heterocycles. The quantitative estimate of drug-likeness (QED) is 0.217. The number of rotatable bonds is 9. The second kappa shape index (κ2) is 11.9. The number of nitrogens with one attached hydrogen (secondary N) is 2. The Bertz CT molecular complexity index is 1410. The second-order valence-electron chi connectivity index (χ2n) is 8.03. The van der Waals surface area contributed by atoms with Gasteiger partial charge in [-0.3, -0.25) is 9.59 Å². The first-order valence-corrected chi connectivity index (χ1v) is 11.0. The highest BCUT2D eigenvalue weighted by Crippen LogP contribution is 2.42. The molecular formula is C25H18F6N3O6-. The van der Waals surface area contributed by atoms with Gasteiger partial charge in [0.25, 0.3) is 0 Å². The molecule has 9 nitrogen and oxygen atoms in total. The second-order valence-corrected chi connectivity index (χ2v) is 8.03. The fraction of sp³-hybridized carbons (Fsp3) is 0.200. The van der Waals surface area contributed by atoms with Gasteiger partial charge in [-0.25, -0.2) is 4.98 Å². The number of halogens is 6. The standard InChI is InChI=1S/C25H19F6N3O6/c1-39-22-6-5-15(11-32-22)13-3-2-4-14(7-13)19(35)10-21(36)33-17-8-16(25(29,30)31)20(40-12-24(26,27)28)9-18(17)34-23(37)38/h2-9,11,34H,10,12H2,1H3,(H,33,36)(H,37,38)/p-1. The van der Waals surface area contributed by atoms with Crippen molar-refractivity contribution in [3.05, 3.63) is 65.9 Å². The van der Waals surface area contributed by atoms with E-state index in [0.29, 0.717) is 23.1 Å². The molecule has 15 heteroatoms. The zero-order valence-electron chi connectivity index (χ0n) is 20.3. The number of benzene rings is 2. The lowest BCUT2D eigenvalue weighted by atomic mass is 10.0. The molecule has 0 bridgehead atoms. The molecule has 2 N–H and O–H groups in total. The normalized spacial score (nSPS) is 11.5. The molecule has 0 aliphatic carbocycles. The minimum absolute atomic E-state index is 0.0726. The van der Waals surface area contributed by atoms with Crippen LogP contribution < -0.4 is 25.2 Å². The monoisotopic (exact) mass is 570 g/mol. The number of pyridine rings is 1. The Morgan fingerprint density at radius 2 is 1.62 bits per heavy atom. The van der Waals surface area contributed by atoms with E-state index < -0.39 is 65.9 Å². The predicted molar refractivity (Wildman–Crippen MR) is 126 cm³/mol. The fourth-order valence-electron chi connectivity index (χ4n) is 3.38. The molecule has 0 atom stereocenters. The fourth-order valence-corrected chi connectivity index (χ4v) is 3.38. The van der Waals surface area contributed by atoms with Crippen molar-refractivity contribution < 1.29 is 55.3 Å². The Morgan fingerprint density at radius 1 is 0.925 bits per heavy atom. The van der Waals surface area contributed by atoms with E-state index in [-0.39, 0.29) is 11.6 Å². The van der Waals surface area contributed by atoms with Gasteiger partial charge in [0.15, 0.2) is 12.4 Å². The van der Waals surface area contributed by atoms with Gasteiger partial charge in [-0.05, 0) is 23.8 Å². The molecule has 0 spiro atoms. The number of carbonyl (C=O) groups excluding carboxylic acids is 3. The van der Waals surface area contributed by atoms with Crippen LogP contribution in [-0.4, -0.2) is 42.7 Å². The summed E-state index contributed by atoms with van der Waals surface area (Å²) in [6, 6.07) is 9.80. The highest BCUT2D eigenvalue weighted by Gasteiger charge is 2.37. The topological polar surface area (TPSA) is 130 Å². The van der Waals surface area contributed by atoms with Crippen LogP contribution in [0.25, 0.3) is 11.1 Å². The van der Waals surface area contributed by atoms with E-state index >= 15 is 0 Å². The molecule has 2 aromatic carbocycles. The first-order chi connectivity index (χ1) is 18.7. The summed E-state index contributed by atoms with van der Waals surface area (Å²) >= 11 is 0. The number of Topliss-reactive ketones (excluding diaryl/α,β-unsaturated/α-hetero) is 1. The van der Waals surface area contributed by atoms with Crippen molar-refractivity contribution in [2.45, 2.75) is 18.8 Å². The minimum atomic E-state index is -5.26. The summed E-state index contributed by atoms with van der Waals surface area (Å²) in [5.74, 6) is -2.88. The van der Waals surface area contributed by atoms with E-state index in [1.54, 1.807) is 23.5 Å². The van der Waals surface area contributed by atoms with E-state index in [4.69, 9.17) is 4.74 Å². The number of anilines is 2. The third-order valence-corrected chi connectivity index (χ3v) is 5.11. The van der Waals surface area contributed by atoms with E-state index in [1.165, 1.54) is 31.5 Å². The summed E-state index contributed by atoms with van der Waals surface area (Å²) in [4.78, 5) is 40.4. The molecule has 0 radical (unpaired) electrons. The molecule has 0 unspecified atom stereocenters. The SMILES string of the molecule is COc1ccc(-c2cccc(C(=O)CC(=O)Nc3cc(C(F)(F)F)c(OCC(F)(F)F)cc3NC(=O)[O-])c2)cn1. The maximum absolute atomic E-state index is 13.5. The largest absolute Gasteiger partial charge is 0.530 e. The zero-order chi connectivity index (χ0) is 29.7. The Labute approximate surface area is 221 Å². The molecule has 40 heavy (non-hydrogen) atoms. The van der Waals surface area contributed by atoms with Crippen LogP contribution >= 0.6 is 0 Å². The average Bonchev–Trinajstić information content (AvgIpc) is 2.87. The summed E-state index contributed by atoms with van der Waals surface area (Å²) in [7, 11) is 1.43. The third-order valence-electron chi connectivity index (χ3n) is 5.11. The van der Waals surface area contributed by atoms with Gasteiger partial charge in [0.2, 0.25) is 11.8 Å². The van der Waals surface area contributed by atoms with Crippen molar-refractivity contribution in [1.82, 2.24) is 4.98 Å². The van der Waals surface area contributed by atoms with Crippen molar-refractivity contribution in [2.24, 2.45) is 0 Å². The number of aromatic nitrogens is 1. The third kappa shape index (κ3) is 8.09. The average molecular weight is 570 g/mol. The summed E-state index contributed by atoms with van der Waals surface area (Å²) in [5.41, 5.74) is -2.06. The minimum Gasteiger partial charge on any atom is -0.530 e. The Kier molecular flexibility index (Phi) is 8.86. The van der Waals surface area contributed by atoms with Crippen LogP contribution in [0.15, 0.2) is 54.7 Å². The highest BCUT2D eigenvalue weighted by molar-refractivity contribution is 6.12. The van der Waals surface area contributed by atoms with Crippen LogP contribution in [0.1, 0.15) is 22.3 Å². The van der Waals surface area contributed by atoms with Crippen molar-refractivity contribution >= 4 is 29.2 Å². The number of nitrogens with zero attached hydrogens (tertiary/aromatic N) is 1. The zero-order valence-corrected chi connectivity index (χ0v) is 20.3. The van der Waals surface area contributed by atoms with E-state index in [9.17, 15) is 45.8 Å². The maximum atomic E-state index is 13.5. The van der Waals surface area contributed by atoms with Crippen LogP contribution in [-0.2, 0) is 11.0 Å². The number of hydrogen-bond donors (Lipinski definition) is 2. The van der Waals surface area contributed by atoms with Gasteiger partial charge in [-0.1, -0.05) is 18.2 Å². The van der Waals surface area contributed by atoms with Gasteiger partial charge in [0, 0.05) is 29.5 Å². The predicted octanol–water partition coefficient (Wildman–Crippen LogP) is 4.68. The summed E-state index contributed by atoms with van der Waals surface area (Å²) in [6.07, 6.45) is -11.7.